The number of nitrogens with one attached hydrogen (secondary N) is 1. The first kappa shape index (κ1) is 13.9. The number of anilines is 1. The van der Waals surface area contributed by atoms with E-state index in [1.807, 2.05) is 0 Å². The van der Waals surface area contributed by atoms with E-state index in [4.69, 9.17) is 4.74 Å². The predicted octanol–water partition coefficient (Wildman–Crippen LogP) is 3.37. The van der Waals surface area contributed by atoms with Gasteiger partial charge in [0.05, 0.1) is 0 Å². The van der Waals surface area contributed by atoms with Crippen LogP contribution in [-0.4, -0.2) is 10.9 Å². The summed E-state index contributed by atoms with van der Waals surface area (Å²) in [4.78, 5) is 16.3. The Morgan fingerprint density at radius 1 is 1.24 bits per heavy atom. The van der Waals surface area contributed by atoms with Crippen LogP contribution in [0.2, 0.25) is 0 Å². The Balaban J connectivity index is 2.09. The molecule has 0 saturated carbocycles. The number of carbonyl (C=O) groups excluding carboxylic acids is 1. The van der Waals surface area contributed by atoms with Crippen molar-refractivity contribution in [3.8, 4) is 5.88 Å². The highest BCUT2D eigenvalue weighted by Crippen LogP contribution is 2.38. The molecule has 1 atom stereocenters. The molecular formula is C14H9BrF2N2O2. The monoisotopic (exact) mass is 354 g/mol. The van der Waals surface area contributed by atoms with Crippen molar-refractivity contribution in [3.63, 3.8) is 0 Å². The normalized spacial score (nSPS) is 20.5. The number of nitrogens with zero attached hydrogens (tertiary/aromatic N) is 1. The van der Waals surface area contributed by atoms with Crippen LogP contribution in [0.4, 0.5) is 14.5 Å². The molecule has 0 radical (unpaired) electrons. The standard InChI is InChI=1S/C14H9BrF2N2O2/c1-14(7-2-9(16)5-10(17)3-7)13(20)19-11-4-8(15)6-18-12(11)21-14/h2-6H,1H3,(H,19,20)/t14-/m0/s1. The lowest BCUT2D eigenvalue weighted by atomic mass is 9.93. The van der Waals surface area contributed by atoms with Gasteiger partial charge in [0.2, 0.25) is 11.5 Å². The minimum atomic E-state index is -1.56. The summed E-state index contributed by atoms with van der Waals surface area (Å²) < 4.78 is 33.0. The molecule has 0 bridgehead atoms. The molecular weight excluding hydrogens is 346 g/mol. The van der Waals surface area contributed by atoms with Gasteiger partial charge in [0.25, 0.3) is 5.91 Å². The van der Waals surface area contributed by atoms with Crippen LogP contribution < -0.4 is 10.1 Å². The lowest BCUT2D eigenvalue weighted by Gasteiger charge is -2.34. The second-order valence-electron chi connectivity index (χ2n) is 4.75. The number of rotatable bonds is 1. The zero-order valence-electron chi connectivity index (χ0n) is 10.8. The molecule has 1 aromatic carbocycles. The Kier molecular flexibility index (Phi) is 3.16. The van der Waals surface area contributed by atoms with E-state index in [2.05, 4.69) is 26.2 Å². The summed E-state index contributed by atoms with van der Waals surface area (Å²) in [6.45, 7) is 1.43. The number of amides is 1. The zero-order valence-corrected chi connectivity index (χ0v) is 12.4. The molecule has 4 nitrogen and oxygen atoms in total. The molecule has 1 aromatic heterocycles. The molecule has 1 amide bonds. The molecule has 0 saturated heterocycles. The summed E-state index contributed by atoms with van der Waals surface area (Å²) in [6, 6.07) is 4.49. The quantitative estimate of drug-likeness (QED) is 0.854. The Labute approximate surface area is 127 Å². The molecule has 0 aliphatic carbocycles. The van der Waals surface area contributed by atoms with Gasteiger partial charge in [0.15, 0.2) is 0 Å². The number of hydrogen-bond acceptors (Lipinski definition) is 3. The van der Waals surface area contributed by atoms with Gasteiger partial charge in [-0.1, -0.05) is 0 Å². The third-order valence-electron chi connectivity index (χ3n) is 3.21. The number of ether oxygens (including phenoxy) is 1. The van der Waals surface area contributed by atoms with Gasteiger partial charge in [-0.3, -0.25) is 4.79 Å². The zero-order chi connectivity index (χ0) is 15.2. The minimum absolute atomic E-state index is 0.0767. The molecule has 7 heteroatoms. The number of halogens is 3. The molecule has 1 aliphatic heterocycles. The van der Waals surface area contributed by atoms with Gasteiger partial charge in [-0.2, -0.15) is 0 Å². The Bertz CT molecular complexity index is 733. The average molecular weight is 355 g/mol. The average Bonchev–Trinajstić information content (AvgIpc) is 2.39. The highest BCUT2D eigenvalue weighted by atomic mass is 79.9. The van der Waals surface area contributed by atoms with Gasteiger partial charge < -0.3 is 10.1 Å². The third-order valence-corrected chi connectivity index (χ3v) is 3.65. The van der Waals surface area contributed by atoms with E-state index in [-0.39, 0.29) is 11.4 Å². The molecule has 1 N–H and O–H groups in total. The highest BCUT2D eigenvalue weighted by Gasteiger charge is 2.43. The maximum Gasteiger partial charge on any atom is 0.273 e. The van der Waals surface area contributed by atoms with Crippen molar-refractivity contribution in [1.82, 2.24) is 4.98 Å². The molecule has 0 unspecified atom stereocenters. The maximum absolute atomic E-state index is 13.4. The van der Waals surface area contributed by atoms with Crippen LogP contribution in [0.25, 0.3) is 0 Å². The smallest absolute Gasteiger partial charge is 0.273 e. The van der Waals surface area contributed by atoms with Gasteiger partial charge in [0.1, 0.15) is 17.3 Å². The molecule has 108 valence electrons. The van der Waals surface area contributed by atoms with Crippen molar-refractivity contribution in [1.29, 1.82) is 0 Å². The molecule has 0 fully saturated rings. The first-order valence-electron chi connectivity index (χ1n) is 6.01. The number of benzene rings is 1. The van der Waals surface area contributed by atoms with Gasteiger partial charge in [-0.15, -0.1) is 0 Å². The number of carbonyl (C=O) groups is 1. The fraction of sp³-hybridized carbons (Fsp3) is 0.143. The van der Waals surface area contributed by atoms with Crippen LogP contribution in [0, 0.1) is 11.6 Å². The summed E-state index contributed by atoms with van der Waals surface area (Å²) in [7, 11) is 0. The van der Waals surface area contributed by atoms with Crippen LogP contribution in [-0.2, 0) is 10.4 Å². The second-order valence-corrected chi connectivity index (χ2v) is 5.67. The van der Waals surface area contributed by atoms with Crippen molar-refractivity contribution in [2.24, 2.45) is 0 Å². The van der Waals surface area contributed by atoms with Crippen LogP contribution in [0.15, 0.2) is 34.9 Å². The molecule has 1 aliphatic rings. The molecule has 2 aromatic rings. The van der Waals surface area contributed by atoms with Crippen molar-refractivity contribution in [3.05, 3.63) is 52.1 Å². The lowest BCUT2D eigenvalue weighted by Crippen LogP contribution is -2.46. The first-order chi connectivity index (χ1) is 9.88. The number of pyridine rings is 1. The molecule has 2 heterocycles. The van der Waals surface area contributed by atoms with Crippen molar-refractivity contribution < 1.29 is 18.3 Å². The fourth-order valence-electron chi connectivity index (χ4n) is 2.10. The SMILES string of the molecule is C[C@@]1(c2cc(F)cc(F)c2)Oc2ncc(Br)cc2NC1=O. The summed E-state index contributed by atoms with van der Waals surface area (Å²) in [5.41, 5.74) is -1.09. The summed E-state index contributed by atoms with van der Waals surface area (Å²) >= 11 is 3.23. The van der Waals surface area contributed by atoms with Crippen LogP contribution in [0.5, 0.6) is 5.88 Å². The predicted molar refractivity (Wildman–Crippen MR) is 74.9 cm³/mol. The van der Waals surface area contributed by atoms with Gasteiger partial charge >= 0.3 is 0 Å². The fourth-order valence-corrected chi connectivity index (χ4v) is 2.43. The second kappa shape index (κ2) is 4.77. The molecule has 21 heavy (non-hydrogen) atoms. The van der Waals surface area contributed by atoms with E-state index in [1.165, 1.54) is 13.1 Å². The van der Waals surface area contributed by atoms with Crippen LogP contribution in [0.1, 0.15) is 12.5 Å². The van der Waals surface area contributed by atoms with E-state index in [9.17, 15) is 13.6 Å². The molecule has 3 rings (SSSR count). The number of hydrogen-bond donors (Lipinski definition) is 1. The Hall–Kier alpha value is -2.02. The topological polar surface area (TPSA) is 51.2 Å². The van der Waals surface area contributed by atoms with Gasteiger partial charge in [0, 0.05) is 22.3 Å². The van der Waals surface area contributed by atoms with Gasteiger partial charge in [-0.05, 0) is 41.1 Å². The van der Waals surface area contributed by atoms with E-state index in [0.717, 1.165) is 18.2 Å². The Morgan fingerprint density at radius 2 is 1.90 bits per heavy atom. The molecule has 0 spiro atoms. The number of aromatic nitrogens is 1. The minimum Gasteiger partial charge on any atom is -0.455 e. The van der Waals surface area contributed by atoms with Crippen LogP contribution in [0.3, 0.4) is 0 Å². The summed E-state index contributed by atoms with van der Waals surface area (Å²) in [5, 5.41) is 2.63. The van der Waals surface area contributed by atoms with Gasteiger partial charge in [-0.25, -0.2) is 13.8 Å². The van der Waals surface area contributed by atoms with E-state index in [0.29, 0.717) is 10.2 Å². The Morgan fingerprint density at radius 3 is 2.57 bits per heavy atom. The maximum atomic E-state index is 13.4. The van der Waals surface area contributed by atoms with Crippen LogP contribution >= 0.6 is 15.9 Å². The van der Waals surface area contributed by atoms with E-state index >= 15 is 0 Å². The van der Waals surface area contributed by atoms with Crippen molar-refractivity contribution in [2.75, 3.05) is 5.32 Å². The van der Waals surface area contributed by atoms with E-state index in [1.54, 1.807) is 6.07 Å². The lowest BCUT2D eigenvalue weighted by molar-refractivity contribution is -0.132. The number of fused-ring (bicyclic) bond motifs is 1. The summed E-state index contributed by atoms with van der Waals surface area (Å²) in [6.07, 6.45) is 1.50. The highest BCUT2D eigenvalue weighted by molar-refractivity contribution is 9.10. The third kappa shape index (κ3) is 2.37. The first-order valence-corrected chi connectivity index (χ1v) is 6.80. The largest absolute Gasteiger partial charge is 0.455 e. The van der Waals surface area contributed by atoms with E-state index < -0.39 is 23.1 Å². The van der Waals surface area contributed by atoms with Crippen molar-refractivity contribution >= 4 is 27.5 Å². The van der Waals surface area contributed by atoms with Crippen molar-refractivity contribution in [2.45, 2.75) is 12.5 Å². The summed E-state index contributed by atoms with van der Waals surface area (Å²) in [5.74, 6) is -1.90.